The van der Waals surface area contributed by atoms with Crippen LogP contribution in [0.25, 0.3) is 0 Å². The second-order valence-electron chi connectivity index (χ2n) is 5.97. The second-order valence-corrected chi connectivity index (χ2v) is 5.97. The SMILES string of the molecule is Cc1cnc([C@H]2COCCN2C(=O)CN2CCCCC2)[nH]1. The van der Waals surface area contributed by atoms with Crippen LogP contribution in [-0.2, 0) is 9.53 Å². The highest BCUT2D eigenvalue weighted by Gasteiger charge is 2.31. The van der Waals surface area contributed by atoms with Crippen LogP contribution in [0.15, 0.2) is 6.20 Å². The van der Waals surface area contributed by atoms with Crippen LogP contribution in [0.2, 0.25) is 0 Å². The summed E-state index contributed by atoms with van der Waals surface area (Å²) in [4.78, 5) is 24.5. The Morgan fingerprint density at radius 1 is 1.38 bits per heavy atom. The molecule has 3 rings (SSSR count). The molecule has 6 heteroatoms. The van der Waals surface area contributed by atoms with E-state index in [-0.39, 0.29) is 11.9 Å². The maximum Gasteiger partial charge on any atom is 0.237 e. The molecular weight excluding hydrogens is 268 g/mol. The van der Waals surface area contributed by atoms with Crippen molar-refractivity contribution in [2.75, 3.05) is 39.4 Å². The first-order chi connectivity index (χ1) is 10.2. The predicted octanol–water partition coefficient (Wildman–Crippen LogP) is 1.10. The van der Waals surface area contributed by atoms with E-state index in [1.54, 1.807) is 6.20 Å². The Labute approximate surface area is 125 Å². The number of imidazole rings is 1. The molecule has 0 spiro atoms. The number of rotatable bonds is 3. The summed E-state index contributed by atoms with van der Waals surface area (Å²) in [5.41, 5.74) is 1.01. The molecule has 0 radical (unpaired) electrons. The van der Waals surface area contributed by atoms with E-state index in [1.807, 2.05) is 11.8 Å². The van der Waals surface area contributed by atoms with Gasteiger partial charge >= 0.3 is 0 Å². The fraction of sp³-hybridized carbons (Fsp3) is 0.733. The molecule has 1 aromatic heterocycles. The first kappa shape index (κ1) is 14.5. The van der Waals surface area contributed by atoms with Crippen LogP contribution in [0.1, 0.15) is 36.8 Å². The summed E-state index contributed by atoms with van der Waals surface area (Å²) in [5.74, 6) is 1.03. The van der Waals surface area contributed by atoms with E-state index in [9.17, 15) is 4.79 Å². The molecule has 1 N–H and O–H groups in total. The van der Waals surface area contributed by atoms with Crippen molar-refractivity contribution in [2.45, 2.75) is 32.2 Å². The number of ether oxygens (including phenoxy) is 1. The molecule has 21 heavy (non-hydrogen) atoms. The molecule has 0 bridgehead atoms. The van der Waals surface area contributed by atoms with Crippen molar-refractivity contribution >= 4 is 5.91 Å². The summed E-state index contributed by atoms with van der Waals surface area (Å²) in [6, 6.07) is -0.0789. The van der Waals surface area contributed by atoms with Gasteiger partial charge in [0.2, 0.25) is 5.91 Å². The summed E-state index contributed by atoms with van der Waals surface area (Å²) < 4.78 is 5.55. The van der Waals surface area contributed by atoms with Gasteiger partial charge in [0.1, 0.15) is 11.9 Å². The van der Waals surface area contributed by atoms with Crippen LogP contribution in [0.4, 0.5) is 0 Å². The van der Waals surface area contributed by atoms with Crippen molar-refractivity contribution < 1.29 is 9.53 Å². The first-order valence-corrected chi connectivity index (χ1v) is 7.85. The lowest BCUT2D eigenvalue weighted by atomic mass is 10.1. The molecule has 0 saturated carbocycles. The summed E-state index contributed by atoms with van der Waals surface area (Å²) in [5, 5.41) is 0. The fourth-order valence-electron chi connectivity index (χ4n) is 3.13. The smallest absolute Gasteiger partial charge is 0.237 e. The molecule has 0 unspecified atom stereocenters. The van der Waals surface area contributed by atoms with Gasteiger partial charge in [-0.05, 0) is 32.9 Å². The highest BCUT2D eigenvalue weighted by Crippen LogP contribution is 2.22. The van der Waals surface area contributed by atoms with E-state index in [0.717, 1.165) is 24.6 Å². The molecular formula is C15H24N4O2. The highest BCUT2D eigenvalue weighted by molar-refractivity contribution is 5.78. The zero-order valence-corrected chi connectivity index (χ0v) is 12.7. The van der Waals surface area contributed by atoms with E-state index < -0.39 is 0 Å². The number of H-pyrrole nitrogens is 1. The van der Waals surface area contributed by atoms with E-state index in [2.05, 4.69) is 14.9 Å². The molecule has 6 nitrogen and oxygen atoms in total. The van der Waals surface area contributed by atoms with Crippen molar-refractivity contribution in [1.82, 2.24) is 19.8 Å². The summed E-state index contributed by atoms with van der Waals surface area (Å²) in [6.45, 7) is 6.37. The van der Waals surface area contributed by atoms with Crippen LogP contribution in [0, 0.1) is 6.92 Å². The van der Waals surface area contributed by atoms with Gasteiger partial charge in [0.05, 0.1) is 19.8 Å². The Hall–Kier alpha value is -1.40. The molecule has 1 atom stereocenters. The lowest BCUT2D eigenvalue weighted by Gasteiger charge is -2.36. The summed E-state index contributed by atoms with van der Waals surface area (Å²) in [6.07, 6.45) is 5.50. The molecule has 0 aromatic carbocycles. The Balaban J connectivity index is 1.66. The highest BCUT2D eigenvalue weighted by atomic mass is 16.5. The van der Waals surface area contributed by atoms with E-state index in [4.69, 9.17) is 4.74 Å². The minimum absolute atomic E-state index is 0.0789. The Bertz CT molecular complexity index is 482. The lowest BCUT2D eigenvalue weighted by Crippen LogP contribution is -2.48. The third-order valence-corrected chi connectivity index (χ3v) is 4.29. The average Bonchev–Trinajstić information content (AvgIpc) is 2.95. The molecule has 2 saturated heterocycles. The zero-order chi connectivity index (χ0) is 14.7. The number of carbonyl (C=O) groups excluding carboxylic acids is 1. The third-order valence-electron chi connectivity index (χ3n) is 4.29. The van der Waals surface area contributed by atoms with Crippen LogP contribution in [-0.4, -0.2) is 65.1 Å². The van der Waals surface area contributed by atoms with Gasteiger partial charge in [-0.2, -0.15) is 0 Å². The number of morpholine rings is 1. The number of nitrogens with zero attached hydrogens (tertiary/aromatic N) is 3. The van der Waals surface area contributed by atoms with E-state index >= 15 is 0 Å². The minimum atomic E-state index is -0.0789. The number of hydrogen-bond donors (Lipinski definition) is 1. The topological polar surface area (TPSA) is 61.5 Å². The molecule has 3 heterocycles. The number of likely N-dealkylation sites (tertiary alicyclic amines) is 1. The third kappa shape index (κ3) is 3.44. The Morgan fingerprint density at radius 3 is 2.90 bits per heavy atom. The number of hydrogen-bond acceptors (Lipinski definition) is 4. The fourth-order valence-corrected chi connectivity index (χ4v) is 3.13. The molecule has 116 valence electrons. The lowest BCUT2D eigenvalue weighted by molar-refractivity contribution is -0.142. The van der Waals surface area contributed by atoms with Crippen LogP contribution in [0.3, 0.4) is 0 Å². The second kappa shape index (κ2) is 6.58. The van der Waals surface area contributed by atoms with Crippen LogP contribution in [0.5, 0.6) is 0 Å². The van der Waals surface area contributed by atoms with Gasteiger partial charge in [0.15, 0.2) is 0 Å². The average molecular weight is 292 g/mol. The Morgan fingerprint density at radius 2 is 2.19 bits per heavy atom. The monoisotopic (exact) mass is 292 g/mol. The van der Waals surface area contributed by atoms with E-state index in [0.29, 0.717) is 26.3 Å². The van der Waals surface area contributed by atoms with Gasteiger partial charge in [-0.25, -0.2) is 4.98 Å². The number of aryl methyl sites for hydroxylation is 1. The van der Waals surface area contributed by atoms with Gasteiger partial charge < -0.3 is 14.6 Å². The molecule has 2 aliphatic heterocycles. The maximum absolute atomic E-state index is 12.6. The van der Waals surface area contributed by atoms with Crippen LogP contribution < -0.4 is 0 Å². The van der Waals surface area contributed by atoms with Crippen LogP contribution >= 0.6 is 0 Å². The molecule has 1 aromatic rings. The van der Waals surface area contributed by atoms with Gasteiger partial charge in [-0.1, -0.05) is 6.42 Å². The zero-order valence-electron chi connectivity index (χ0n) is 12.7. The van der Waals surface area contributed by atoms with Gasteiger partial charge in [-0.15, -0.1) is 0 Å². The number of nitrogens with one attached hydrogen (secondary N) is 1. The number of amides is 1. The van der Waals surface area contributed by atoms with Crippen molar-refractivity contribution in [3.63, 3.8) is 0 Å². The molecule has 1 amide bonds. The van der Waals surface area contributed by atoms with Gasteiger partial charge in [0.25, 0.3) is 0 Å². The molecule has 2 aliphatic rings. The number of aromatic amines is 1. The van der Waals surface area contributed by atoms with Gasteiger partial charge in [0, 0.05) is 18.4 Å². The van der Waals surface area contributed by atoms with E-state index in [1.165, 1.54) is 19.3 Å². The number of piperidine rings is 1. The van der Waals surface area contributed by atoms with Crippen molar-refractivity contribution in [1.29, 1.82) is 0 Å². The molecule has 0 aliphatic carbocycles. The molecule has 2 fully saturated rings. The minimum Gasteiger partial charge on any atom is -0.377 e. The Kier molecular flexibility index (Phi) is 4.55. The normalized spacial score (nSPS) is 24.2. The summed E-state index contributed by atoms with van der Waals surface area (Å²) >= 11 is 0. The standard InChI is InChI=1S/C15H24N4O2/c1-12-9-16-15(17-12)13-11-21-8-7-19(13)14(20)10-18-5-3-2-4-6-18/h9,13H,2-8,10-11H2,1H3,(H,16,17)/t13-/m1/s1. The van der Waals surface area contributed by atoms with Gasteiger partial charge in [-0.3, -0.25) is 9.69 Å². The maximum atomic E-state index is 12.6. The largest absolute Gasteiger partial charge is 0.377 e. The number of aromatic nitrogens is 2. The predicted molar refractivity (Wildman–Crippen MR) is 78.9 cm³/mol. The summed E-state index contributed by atoms with van der Waals surface area (Å²) in [7, 11) is 0. The first-order valence-electron chi connectivity index (χ1n) is 7.85. The van der Waals surface area contributed by atoms with Crippen molar-refractivity contribution in [3.8, 4) is 0 Å². The van der Waals surface area contributed by atoms with Crippen molar-refractivity contribution in [3.05, 3.63) is 17.7 Å². The number of carbonyl (C=O) groups is 1. The quantitative estimate of drug-likeness (QED) is 0.906. The van der Waals surface area contributed by atoms with Crippen molar-refractivity contribution in [2.24, 2.45) is 0 Å².